The maximum Gasteiger partial charge on any atom is 0.243 e. The smallest absolute Gasteiger partial charge is 0.243 e. The Hall–Kier alpha value is -1.02. The highest BCUT2D eigenvalue weighted by Crippen LogP contribution is 2.34. The van der Waals surface area contributed by atoms with Gasteiger partial charge in [-0.15, -0.1) is 0 Å². The first kappa shape index (κ1) is 14.9. The summed E-state index contributed by atoms with van der Waals surface area (Å²) < 4.78 is 46.4. The number of benzene rings is 1. The van der Waals surface area contributed by atoms with E-state index in [2.05, 4.69) is 0 Å². The molecule has 21 heavy (non-hydrogen) atoms. The summed E-state index contributed by atoms with van der Waals surface area (Å²) in [5.41, 5.74) is 6.05. The van der Waals surface area contributed by atoms with Gasteiger partial charge in [0, 0.05) is 13.1 Å². The third-order valence-corrected chi connectivity index (χ3v) is 6.27. The predicted molar refractivity (Wildman–Crippen MR) is 75.6 cm³/mol. The van der Waals surface area contributed by atoms with Crippen LogP contribution in [0.4, 0.5) is 4.39 Å². The van der Waals surface area contributed by atoms with Gasteiger partial charge in [-0.25, -0.2) is 12.8 Å². The molecule has 5 nitrogen and oxygen atoms in total. The maximum atomic E-state index is 13.5. The molecule has 1 aliphatic carbocycles. The first-order valence-electron chi connectivity index (χ1n) is 7.16. The molecule has 2 fully saturated rings. The van der Waals surface area contributed by atoms with E-state index in [1.54, 1.807) is 0 Å². The van der Waals surface area contributed by atoms with E-state index in [0.717, 1.165) is 25.3 Å². The van der Waals surface area contributed by atoms with Gasteiger partial charge in [0.25, 0.3) is 0 Å². The highest BCUT2D eigenvalue weighted by atomic mass is 32.2. The number of morpholine rings is 1. The van der Waals surface area contributed by atoms with Crippen molar-refractivity contribution in [2.75, 3.05) is 13.2 Å². The first-order valence-corrected chi connectivity index (χ1v) is 8.60. The van der Waals surface area contributed by atoms with Crippen molar-refractivity contribution < 1.29 is 17.5 Å². The lowest BCUT2D eigenvalue weighted by molar-refractivity contribution is -0.0242. The van der Waals surface area contributed by atoms with E-state index in [0.29, 0.717) is 18.7 Å². The molecule has 1 saturated carbocycles. The van der Waals surface area contributed by atoms with Crippen LogP contribution in [0.25, 0.3) is 0 Å². The Morgan fingerprint density at radius 2 is 2.19 bits per heavy atom. The molecule has 1 aromatic carbocycles. The van der Waals surface area contributed by atoms with Crippen LogP contribution in [0.3, 0.4) is 0 Å². The van der Waals surface area contributed by atoms with Crippen LogP contribution in [0.5, 0.6) is 0 Å². The largest absolute Gasteiger partial charge is 0.375 e. The Kier molecular flexibility index (Phi) is 4.00. The van der Waals surface area contributed by atoms with E-state index in [-0.39, 0.29) is 23.6 Å². The minimum Gasteiger partial charge on any atom is -0.375 e. The van der Waals surface area contributed by atoms with Crippen LogP contribution in [0.1, 0.15) is 24.8 Å². The van der Waals surface area contributed by atoms with Crippen molar-refractivity contribution in [1.82, 2.24) is 4.31 Å². The average molecular weight is 314 g/mol. The molecule has 0 amide bonds. The fourth-order valence-electron chi connectivity index (χ4n) is 3.25. The second kappa shape index (κ2) is 5.64. The maximum absolute atomic E-state index is 13.5. The van der Waals surface area contributed by atoms with Crippen LogP contribution in [0, 0.1) is 5.82 Å². The van der Waals surface area contributed by atoms with Gasteiger partial charge < -0.3 is 10.5 Å². The summed E-state index contributed by atoms with van der Waals surface area (Å²) in [6.45, 7) is 0.755. The lowest BCUT2D eigenvalue weighted by Crippen LogP contribution is -2.51. The summed E-state index contributed by atoms with van der Waals surface area (Å²) in [5.74, 6) is -0.568. The Bertz CT molecular complexity index is 635. The third kappa shape index (κ3) is 2.59. The monoisotopic (exact) mass is 314 g/mol. The summed E-state index contributed by atoms with van der Waals surface area (Å²) in [6, 6.07) is 3.60. The summed E-state index contributed by atoms with van der Waals surface area (Å²) in [4.78, 5) is -0.0162. The van der Waals surface area contributed by atoms with Crippen molar-refractivity contribution in [3.05, 3.63) is 29.6 Å². The fourth-order valence-corrected chi connectivity index (χ4v) is 5.16. The number of halogens is 1. The van der Waals surface area contributed by atoms with Gasteiger partial charge in [-0.1, -0.05) is 6.07 Å². The molecule has 2 atom stereocenters. The molecular weight excluding hydrogens is 295 g/mol. The standard InChI is InChI=1S/C14H19FN2O3S/c15-11-5-4-10(9-16)14(8-11)21(18,19)17-6-7-20-13-3-1-2-12(13)17/h4-5,8,12-13H,1-3,6-7,9,16H2. The highest BCUT2D eigenvalue weighted by molar-refractivity contribution is 7.89. The van der Waals surface area contributed by atoms with Crippen LogP contribution in [-0.2, 0) is 21.3 Å². The normalized spacial score (nSPS) is 26.8. The quantitative estimate of drug-likeness (QED) is 0.911. The first-order chi connectivity index (χ1) is 10.0. The van der Waals surface area contributed by atoms with E-state index in [1.165, 1.54) is 16.4 Å². The highest BCUT2D eigenvalue weighted by Gasteiger charge is 2.42. The van der Waals surface area contributed by atoms with Gasteiger partial charge in [0.15, 0.2) is 0 Å². The molecule has 7 heteroatoms. The number of nitrogens with two attached hydrogens (primary N) is 1. The van der Waals surface area contributed by atoms with E-state index in [1.807, 2.05) is 0 Å². The lowest BCUT2D eigenvalue weighted by Gasteiger charge is -2.36. The summed E-state index contributed by atoms with van der Waals surface area (Å²) in [5, 5.41) is 0. The molecule has 2 aliphatic rings. The molecule has 116 valence electrons. The summed E-state index contributed by atoms with van der Waals surface area (Å²) in [7, 11) is -3.75. The van der Waals surface area contributed by atoms with Crippen molar-refractivity contribution >= 4 is 10.0 Å². The predicted octanol–water partition coefficient (Wildman–Crippen LogP) is 1.23. The third-order valence-electron chi connectivity index (χ3n) is 4.27. The molecule has 1 aliphatic heterocycles. The summed E-state index contributed by atoms with van der Waals surface area (Å²) in [6.07, 6.45) is 2.58. The average Bonchev–Trinajstić information content (AvgIpc) is 2.95. The molecule has 1 heterocycles. The van der Waals surface area contributed by atoms with Crippen molar-refractivity contribution in [2.24, 2.45) is 5.73 Å². The van der Waals surface area contributed by atoms with Crippen LogP contribution in [0.2, 0.25) is 0 Å². The van der Waals surface area contributed by atoms with E-state index < -0.39 is 15.8 Å². The number of fused-ring (bicyclic) bond motifs is 1. The number of sulfonamides is 1. The van der Waals surface area contributed by atoms with Gasteiger partial charge in [0.05, 0.1) is 23.6 Å². The Morgan fingerprint density at radius 1 is 1.38 bits per heavy atom. The second-order valence-electron chi connectivity index (χ2n) is 5.48. The fraction of sp³-hybridized carbons (Fsp3) is 0.571. The van der Waals surface area contributed by atoms with E-state index >= 15 is 0 Å². The van der Waals surface area contributed by atoms with Gasteiger partial charge in [0.2, 0.25) is 10.0 Å². The molecule has 3 rings (SSSR count). The van der Waals surface area contributed by atoms with Gasteiger partial charge in [-0.2, -0.15) is 4.31 Å². The minimum atomic E-state index is -3.75. The zero-order valence-electron chi connectivity index (χ0n) is 11.7. The van der Waals surface area contributed by atoms with Crippen molar-refractivity contribution in [3.63, 3.8) is 0 Å². The van der Waals surface area contributed by atoms with Crippen LogP contribution < -0.4 is 5.73 Å². The molecule has 1 aromatic rings. The van der Waals surface area contributed by atoms with Gasteiger partial charge in [-0.3, -0.25) is 0 Å². The number of rotatable bonds is 3. The van der Waals surface area contributed by atoms with Crippen molar-refractivity contribution in [1.29, 1.82) is 0 Å². The van der Waals surface area contributed by atoms with Crippen LogP contribution in [-0.4, -0.2) is 38.0 Å². The topological polar surface area (TPSA) is 72.6 Å². The van der Waals surface area contributed by atoms with Crippen molar-refractivity contribution in [2.45, 2.75) is 42.8 Å². The van der Waals surface area contributed by atoms with Gasteiger partial charge in [-0.05, 0) is 37.0 Å². The molecule has 0 aromatic heterocycles. The number of nitrogens with zero attached hydrogens (tertiary/aromatic N) is 1. The Morgan fingerprint density at radius 3 is 2.95 bits per heavy atom. The SMILES string of the molecule is NCc1ccc(F)cc1S(=O)(=O)N1CCOC2CCCC21. The van der Waals surface area contributed by atoms with Gasteiger partial charge in [0.1, 0.15) is 5.82 Å². The van der Waals surface area contributed by atoms with E-state index in [4.69, 9.17) is 10.5 Å². The zero-order chi connectivity index (χ0) is 15.0. The second-order valence-corrected chi connectivity index (χ2v) is 7.34. The molecule has 0 spiro atoms. The van der Waals surface area contributed by atoms with Crippen LogP contribution in [0.15, 0.2) is 23.1 Å². The van der Waals surface area contributed by atoms with Crippen molar-refractivity contribution in [3.8, 4) is 0 Å². The molecule has 1 saturated heterocycles. The summed E-state index contributed by atoms with van der Waals surface area (Å²) >= 11 is 0. The molecule has 2 unspecified atom stereocenters. The number of ether oxygens (including phenoxy) is 1. The molecule has 2 N–H and O–H groups in total. The van der Waals surface area contributed by atoms with E-state index in [9.17, 15) is 12.8 Å². The zero-order valence-corrected chi connectivity index (χ0v) is 12.5. The Balaban J connectivity index is 2.02. The van der Waals surface area contributed by atoms with Gasteiger partial charge >= 0.3 is 0 Å². The molecular formula is C14H19FN2O3S. The minimum absolute atomic E-state index is 0.0162. The molecule has 0 radical (unpaired) electrons. The Labute approximate surface area is 123 Å². The number of hydrogen-bond acceptors (Lipinski definition) is 4. The molecule has 0 bridgehead atoms. The van der Waals surface area contributed by atoms with Crippen LogP contribution >= 0.6 is 0 Å². The number of hydrogen-bond donors (Lipinski definition) is 1. The lowest BCUT2D eigenvalue weighted by atomic mass is 10.2.